The molecule has 1 unspecified atom stereocenters. The van der Waals surface area contributed by atoms with Crippen molar-refractivity contribution in [3.8, 4) is 17.2 Å². The third kappa shape index (κ3) is 6.32. The van der Waals surface area contributed by atoms with E-state index in [-0.39, 0.29) is 10.8 Å². The van der Waals surface area contributed by atoms with Gasteiger partial charge in [0.1, 0.15) is 12.9 Å². The third-order valence-corrected chi connectivity index (χ3v) is 8.44. The molecule has 1 aliphatic heterocycles. The normalized spacial score (nSPS) is 14.4. The van der Waals surface area contributed by atoms with Gasteiger partial charge in [-0.1, -0.05) is 61.8 Å². The standard InChI is InChI=1S/C31H32ClN3O3S/c1-20(2)22-6-4-21(5-7-22)18-33-14-15-38-27-13-12-25(16-28(27)37-3)35-19-34-26-17-29(39-30(26)31(35)36)23-8-10-24(32)11-9-23/h4-13,16,19-20,29,33H,14-15,17-18H2,1-3H3. The van der Waals surface area contributed by atoms with E-state index < -0.39 is 0 Å². The van der Waals surface area contributed by atoms with Crippen LogP contribution in [-0.2, 0) is 13.0 Å². The number of methoxy groups -OCH3 is 1. The van der Waals surface area contributed by atoms with Gasteiger partial charge < -0.3 is 14.8 Å². The van der Waals surface area contributed by atoms with Gasteiger partial charge >= 0.3 is 0 Å². The monoisotopic (exact) mass is 561 g/mol. The van der Waals surface area contributed by atoms with E-state index in [0.717, 1.165) is 17.8 Å². The molecule has 0 radical (unpaired) electrons. The van der Waals surface area contributed by atoms with E-state index in [4.69, 9.17) is 21.1 Å². The van der Waals surface area contributed by atoms with Crippen molar-refractivity contribution < 1.29 is 9.47 Å². The number of nitrogens with one attached hydrogen (secondary N) is 1. The third-order valence-electron chi connectivity index (χ3n) is 6.82. The van der Waals surface area contributed by atoms with Gasteiger partial charge in [-0.05, 0) is 46.9 Å². The lowest BCUT2D eigenvalue weighted by Gasteiger charge is -2.14. The van der Waals surface area contributed by atoms with Gasteiger partial charge in [-0.3, -0.25) is 9.36 Å². The second kappa shape index (κ2) is 12.3. The number of hydrogen-bond acceptors (Lipinski definition) is 6. The molecule has 4 aromatic rings. The summed E-state index contributed by atoms with van der Waals surface area (Å²) in [5.41, 5.74) is 5.15. The molecule has 0 spiro atoms. The molecule has 1 N–H and O–H groups in total. The van der Waals surface area contributed by atoms with Crippen molar-refractivity contribution in [2.24, 2.45) is 0 Å². The van der Waals surface area contributed by atoms with Crippen molar-refractivity contribution in [3.63, 3.8) is 0 Å². The van der Waals surface area contributed by atoms with Crippen LogP contribution in [0, 0.1) is 0 Å². The van der Waals surface area contributed by atoms with Crippen molar-refractivity contribution >= 4 is 23.4 Å². The molecule has 0 saturated carbocycles. The maximum Gasteiger partial charge on any atom is 0.271 e. The van der Waals surface area contributed by atoms with E-state index in [0.29, 0.717) is 52.6 Å². The van der Waals surface area contributed by atoms with Gasteiger partial charge in [-0.25, -0.2) is 4.98 Å². The molecule has 0 saturated heterocycles. The lowest BCUT2D eigenvalue weighted by Crippen LogP contribution is -2.21. The highest BCUT2D eigenvalue weighted by Crippen LogP contribution is 2.44. The van der Waals surface area contributed by atoms with Crippen LogP contribution < -0.4 is 20.3 Å². The number of fused-ring (bicyclic) bond motifs is 1. The predicted octanol–water partition coefficient (Wildman–Crippen LogP) is 6.58. The number of nitrogens with zero attached hydrogens (tertiary/aromatic N) is 2. The van der Waals surface area contributed by atoms with Gasteiger partial charge in [0, 0.05) is 35.8 Å². The Bertz CT molecular complexity index is 1490. The van der Waals surface area contributed by atoms with Crippen molar-refractivity contribution in [2.75, 3.05) is 20.3 Å². The highest BCUT2D eigenvalue weighted by atomic mass is 35.5. The highest BCUT2D eigenvalue weighted by molar-refractivity contribution is 7.99. The van der Waals surface area contributed by atoms with Gasteiger partial charge in [0.15, 0.2) is 11.5 Å². The first-order valence-corrected chi connectivity index (χ1v) is 14.3. The van der Waals surface area contributed by atoms with Gasteiger partial charge in [-0.2, -0.15) is 0 Å². The quantitative estimate of drug-likeness (QED) is 0.221. The molecule has 0 aliphatic carbocycles. The first-order chi connectivity index (χ1) is 18.9. The van der Waals surface area contributed by atoms with Crippen LogP contribution in [0.5, 0.6) is 11.5 Å². The molecular weight excluding hydrogens is 530 g/mol. The second-order valence-electron chi connectivity index (χ2n) is 9.81. The fourth-order valence-corrected chi connectivity index (χ4v) is 5.97. The van der Waals surface area contributed by atoms with Crippen molar-refractivity contribution in [3.05, 3.63) is 111 Å². The summed E-state index contributed by atoms with van der Waals surface area (Å²) in [6.45, 7) is 6.36. The van der Waals surface area contributed by atoms with E-state index >= 15 is 0 Å². The minimum absolute atomic E-state index is 0.0807. The SMILES string of the molecule is COc1cc(-n2cnc3c(c2=O)SC(c2ccc(Cl)cc2)C3)ccc1OCCNCc1ccc(C(C)C)cc1. The number of hydrogen-bond donors (Lipinski definition) is 1. The van der Waals surface area contributed by atoms with E-state index in [1.165, 1.54) is 11.1 Å². The molecule has 0 bridgehead atoms. The maximum absolute atomic E-state index is 13.4. The summed E-state index contributed by atoms with van der Waals surface area (Å²) in [5, 5.41) is 4.26. The molecule has 1 aliphatic rings. The van der Waals surface area contributed by atoms with Crippen molar-refractivity contribution in [2.45, 2.75) is 42.9 Å². The Labute approximate surface area is 238 Å². The second-order valence-corrected chi connectivity index (χ2v) is 11.5. The first-order valence-electron chi connectivity index (χ1n) is 13.1. The largest absolute Gasteiger partial charge is 0.493 e. The fourth-order valence-electron chi connectivity index (χ4n) is 4.55. The zero-order chi connectivity index (χ0) is 27.4. The Hall–Kier alpha value is -3.26. The maximum atomic E-state index is 13.4. The Kier molecular flexibility index (Phi) is 8.60. The number of thioether (sulfide) groups is 1. The summed E-state index contributed by atoms with van der Waals surface area (Å²) in [5.74, 6) is 1.73. The van der Waals surface area contributed by atoms with Crippen LogP contribution in [0.25, 0.3) is 5.69 Å². The molecule has 8 heteroatoms. The van der Waals surface area contributed by atoms with E-state index in [9.17, 15) is 4.79 Å². The van der Waals surface area contributed by atoms with Crippen LogP contribution >= 0.6 is 23.4 Å². The van der Waals surface area contributed by atoms with Crippen LogP contribution in [0.4, 0.5) is 0 Å². The van der Waals surface area contributed by atoms with E-state index in [1.54, 1.807) is 29.8 Å². The lowest BCUT2D eigenvalue weighted by molar-refractivity contribution is 0.292. The number of benzene rings is 3. The summed E-state index contributed by atoms with van der Waals surface area (Å²) >= 11 is 7.60. The van der Waals surface area contributed by atoms with Crippen LogP contribution in [0.2, 0.25) is 5.02 Å². The molecule has 2 heterocycles. The number of rotatable bonds is 10. The summed E-state index contributed by atoms with van der Waals surface area (Å²) in [4.78, 5) is 18.7. The molecule has 0 amide bonds. The van der Waals surface area contributed by atoms with E-state index in [2.05, 4.69) is 48.4 Å². The number of halogens is 1. The highest BCUT2D eigenvalue weighted by Gasteiger charge is 2.28. The van der Waals surface area contributed by atoms with Gasteiger partial charge in [0.25, 0.3) is 5.56 Å². The zero-order valence-corrected chi connectivity index (χ0v) is 23.9. The molecule has 0 fully saturated rings. The molecular formula is C31H32ClN3O3S. The van der Waals surface area contributed by atoms with Gasteiger partial charge in [0.2, 0.25) is 0 Å². The van der Waals surface area contributed by atoms with Crippen LogP contribution in [0.3, 0.4) is 0 Å². The molecule has 1 aromatic heterocycles. The van der Waals surface area contributed by atoms with Crippen LogP contribution in [-0.4, -0.2) is 29.8 Å². The minimum Gasteiger partial charge on any atom is -0.493 e. The van der Waals surface area contributed by atoms with Gasteiger partial charge in [0.05, 0.1) is 23.4 Å². The molecule has 6 nitrogen and oxygen atoms in total. The molecule has 202 valence electrons. The number of ether oxygens (including phenoxy) is 2. The summed E-state index contributed by atoms with van der Waals surface area (Å²) in [7, 11) is 1.60. The van der Waals surface area contributed by atoms with Gasteiger partial charge in [-0.15, -0.1) is 11.8 Å². The Morgan fingerprint density at radius 3 is 2.56 bits per heavy atom. The van der Waals surface area contributed by atoms with Crippen LogP contribution in [0.15, 0.2) is 82.7 Å². The summed E-state index contributed by atoms with van der Waals surface area (Å²) < 4.78 is 13.1. The summed E-state index contributed by atoms with van der Waals surface area (Å²) in [6.07, 6.45) is 2.31. The molecule has 3 aromatic carbocycles. The van der Waals surface area contributed by atoms with E-state index in [1.807, 2.05) is 42.5 Å². The number of aromatic nitrogens is 2. The smallest absolute Gasteiger partial charge is 0.271 e. The fraction of sp³-hybridized carbons (Fsp3) is 0.290. The Balaban J connectivity index is 1.21. The molecule has 39 heavy (non-hydrogen) atoms. The lowest BCUT2D eigenvalue weighted by atomic mass is 10.0. The molecule has 5 rings (SSSR count). The minimum atomic E-state index is -0.0807. The Morgan fingerprint density at radius 1 is 1.08 bits per heavy atom. The zero-order valence-electron chi connectivity index (χ0n) is 22.3. The Morgan fingerprint density at radius 2 is 1.85 bits per heavy atom. The first kappa shape index (κ1) is 27.3. The van der Waals surface area contributed by atoms with Crippen molar-refractivity contribution in [1.29, 1.82) is 0 Å². The van der Waals surface area contributed by atoms with Crippen LogP contribution in [0.1, 0.15) is 47.4 Å². The van der Waals surface area contributed by atoms with Crippen molar-refractivity contribution in [1.82, 2.24) is 14.9 Å². The summed E-state index contributed by atoms with van der Waals surface area (Å²) in [6, 6.07) is 22.0. The predicted molar refractivity (Wildman–Crippen MR) is 158 cm³/mol. The average molecular weight is 562 g/mol. The molecule has 1 atom stereocenters. The average Bonchev–Trinajstić information content (AvgIpc) is 3.39. The topological polar surface area (TPSA) is 65.4 Å².